The van der Waals surface area contributed by atoms with E-state index in [1.54, 1.807) is 24.7 Å². The van der Waals surface area contributed by atoms with Crippen molar-refractivity contribution in [1.82, 2.24) is 14.8 Å². The standard InChI is InChI=1S/C12H16N4O3/c1-4-16-11-8(6-14-16)9(13)10(7(3)15-11)19-12(17)18-5-2/h6H,4-5H2,1-3H3,(H2,13,15). The number of aryl methyl sites for hydroxylation is 2. The summed E-state index contributed by atoms with van der Waals surface area (Å²) >= 11 is 0. The topological polar surface area (TPSA) is 92.3 Å². The highest BCUT2D eigenvalue weighted by Crippen LogP contribution is 2.32. The fourth-order valence-electron chi connectivity index (χ4n) is 1.80. The van der Waals surface area contributed by atoms with Crippen molar-refractivity contribution in [3.05, 3.63) is 11.9 Å². The number of nitrogen functional groups attached to an aromatic ring is 1. The molecule has 0 fully saturated rings. The van der Waals surface area contributed by atoms with Gasteiger partial charge in [-0.25, -0.2) is 14.5 Å². The zero-order valence-electron chi connectivity index (χ0n) is 11.1. The number of ether oxygens (including phenoxy) is 2. The van der Waals surface area contributed by atoms with Gasteiger partial charge in [-0.2, -0.15) is 5.10 Å². The lowest BCUT2D eigenvalue weighted by Gasteiger charge is -2.10. The molecule has 0 saturated carbocycles. The van der Waals surface area contributed by atoms with Crippen LogP contribution in [0.3, 0.4) is 0 Å². The number of nitrogens with zero attached hydrogens (tertiary/aromatic N) is 3. The number of carbonyl (C=O) groups is 1. The highest BCUT2D eigenvalue weighted by atomic mass is 16.7. The van der Waals surface area contributed by atoms with Crippen LogP contribution in [0.2, 0.25) is 0 Å². The Bertz CT molecular complexity index is 621. The molecule has 7 nitrogen and oxygen atoms in total. The minimum Gasteiger partial charge on any atom is -0.434 e. The summed E-state index contributed by atoms with van der Waals surface area (Å²) in [4.78, 5) is 15.7. The zero-order valence-corrected chi connectivity index (χ0v) is 11.1. The van der Waals surface area contributed by atoms with E-state index in [4.69, 9.17) is 15.2 Å². The third kappa shape index (κ3) is 2.31. The molecular weight excluding hydrogens is 248 g/mol. The van der Waals surface area contributed by atoms with Crippen molar-refractivity contribution in [2.24, 2.45) is 0 Å². The second-order valence-corrected chi connectivity index (χ2v) is 3.92. The predicted octanol–water partition coefficient (Wildman–Crippen LogP) is 1.88. The fraction of sp³-hybridized carbons (Fsp3) is 0.417. The summed E-state index contributed by atoms with van der Waals surface area (Å²) in [5.74, 6) is 0.224. The van der Waals surface area contributed by atoms with Crippen LogP contribution < -0.4 is 10.5 Å². The molecule has 2 N–H and O–H groups in total. The lowest BCUT2D eigenvalue weighted by molar-refractivity contribution is 0.104. The van der Waals surface area contributed by atoms with Gasteiger partial charge in [-0.05, 0) is 20.8 Å². The SMILES string of the molecule is CCOC(=O)Oc1c(C)nc2c(cnn2CC)c1N. The molecule has 0 aliphatic carbocycles. The lowest BCUT2D eigenvalue weighted by Crippen LogP contribution is -2.13. The molecular formula is C12H16N4O3. The number of nitrogens with two attached hydrogens (primary N) is 1. The Kier molecular flexibility index (Phi) is 3.55. The Morgan fingerprint density at radius 2 is 2.21 bits per heavy atom. The van der Waals surface area contributed by atoms with Crippen LogP contribution in [0.4, 0.5) is 10.5 Å². The Hall–Kier alpha value is -2.31. The van der Waals surface area contributed by atoms with Gasteiger partial charge < -0.3 is 15.2 Å². The Morgan fingerprint density at radius 3 is 2.84 bits per heavy atom. The van der Waals surface area contributed by atoms with E-state index in [9.17, 15) is 4.79 Å². The molecule has 0 aliphatic heterocycles. The second kappa shape index (κ2) is 5.13. The molecule has 2 heterocycles. The first-order chi connectivity index (χ1) is 9.08. The molecule has 0 bridgehead atoms. The number of fused-ring (bicyclic) bond motifs is 1. The van der Waals surface area contributed by atoms with Gasteiger partial charge in [0, 0.05) is 6.54 Å². The van der Waals surface area contributed by atoms with E-state index < -0.39 is 6.16 Å². The van der Waals surface area contributed by atoms with E-state index in [1.807, 2.05) is 6.92 Å². The maximum absolute atomic E-state index is 11.4. The number of aromatic nitrogens is 3. The average molecular weight is 264 g/mol. The molecule has 0 spiro atoms. The molecule has 102 valence electrons. The minimum absolute atomic E-state index is 0.224. The van der Waals surface area contributed by atoms with E-state index >= 15 is 0 Å². The molecule has 0 atom stereocenters. The molecule has 0 unspecified atom stereocenters. The maximum Gasteiger partial charge on any atom is 0.513 e. The average Bonchev–Trinajstić information content (AvgIpc) is 2.77. The van der Waals surface area contributed by atoms with Gasteiger partial charge in [0.05, 0.1) is 29.6 Å². The van der Waals surface area contributed by atoms with Crippen LogP contribution in [-0.2, 0) is 11.3 Å². The van der Waals surface area contributed by atoms with Gasteiger partial charge in [-0.3, -0.25) is 0 Å². The van der Waals surface area contributed by atoms with Crippen molar-refractivity contribution in [2.75, 3.05) is 12.3 Å². The summed E-state index contributed by atoms with van der Waals surface area (Å²) in [7, 11) is 0. The number of carbonyl (C=O) groups excluding carboxylic acids is 1. The van der Waals surface area contributed by atoms with Crippen LogP contribution in [-0.4, -0.2) is 27.5 Å². The molecule has 0 aliphatic rings. The Labute approximate surface area is 110 Å². The fourth-order valence-corrected chi connectivity index (χ4v) is 1.80. The van der Waals surface area contributed by atoms with Gasteiger partial charge in [0.15, 0.2) is 11.4 Å². The summed E-state index contributed by atoms with van der Waals surface area (Å²) in [6.45, 7) is 6.30. The van der Waals surface area contributed by atoms with E-state index in [1.165, 1.54) is 0 Å². The van der Waals surface area contributed by atoms with Crippen LogP contribution >= 0.6 is 0 Å². The van der Waals surface area contributed by atoms with Crippen LogP contribution in [0.5, 0.6) is 5.75 Å². The molecule has 0 saturated heterocycles. The summed E-state index contributed by atoms with van der Waals surface area (Å²) in [6.07, 6.45) is 0.819. The highest BCUT2D eigenvalue weighted by molar-refractivity contribution is 5.92. The van der Waals surface area contributed by atoms with Crippen molar-refractivity contribution in [3.63, 3.8) is 0 Å². The van der Waals surface area contributed by atoms with Gasteiger partial charge in [0.1, 0.15) is 0 Å². The molecule has 0 amide bonds. The number of pyridine rings is 1. The lowest BCUT2D eigenvalue weighted by atomic mass is 10.2. The minimum atomic E-state index is -0.790. The van der Waals surface area contributed by atoms with Crippen molar-refractivity contribution in [1.29, 1.82) is 0 Å². The van der Waals surface area contributed by atoms with Crippen molar-refractivity contribution in [3.8, 4) is 5.75 Å². The highest BCUT2D eigenvalue weighted by Gasteiger charge is 2.18. The number of anilines is 1. The second-order valence-electron chi connectivity index (χ2n) is 3.92. The molecule has 0 radical (unpaired) electrons. The third-order valence-corrected chi connectivity index (χ3v) is 2.70. The number of rotatable bonds is 3. The van der Waals surface area contributed by atoms with Crippen LogP contribution in [0, 0.1) is 6.92 Å². The summed E-state index contributed by atoms with van der Waals surface area (Å²) in [5.41, 5.74) is 7.55. The first-order valence-electron chi connectivity index (χ1n) is 6.04. The third-order valence-electron chi connectivity index (χ3n) is 2.70. The van der Waals surface area contributed by atoms with Gasteiger partial charge in [-0.1, -0.05) is 0 Å². The van der Waals surface area contributed by atoms with Crippen molar-refractivity contribution < 1.29 is 14.3 Å². The normalized spacial score (nSPS) is 10.7. The van der Waals surface area contributed by atoms with Crippen LogP contribution in [0.1, 0.15) is 19.5 Å². The van der Waals surface area contributed by atoms with Crippen molar-refractivity contribution >= 4 is 22.9 Å². The van der Waals surface area contributed by atoms with Crippen LogP contribution in [0.15, 0.2) is 6.20 Å². The van der Waals surface area contributed by atoms with Gasteiger partial charge >= 0.3 is 6.16 Å². The molecule has 2 rings (SSSR count). The van der Waals surface area contributed by atoms with E-state index in [0.29, 0.717) is 29.0 Å². The first kappa shape index (κ1) is 13.1. The van der Waals surface area contributed by atoms with E-state index in [0.717, 1.165) is 0 Å². The zero-order chi connectivity index (χ0) is 14.0. The Balaban J connectivity index is 2.48. The summed E-state index contributed by atoms with van der Waals surface area (Å²) < 4.78 is 11.5. The van der Waals surface area contributed by atoms with E-state index in [2.05, 4.69) is 10.1 Å². The van der Waals surface area contributed by atoms with Crippen LogP contribution in [0.25, 0.3) is 11.0 Å². The Morgan fingerprint density at radius 1 is 1.47 bits per heavy atom. The largest absolute Gasteiger partial charge is 0.513 e. The van der Waals surface area contributed by atoms with E-state index in [-0.39, 0.29) is 12.4 Å². The molecule has 2 aromatic rings. The molecule has 19 heavy (non-hydrogen) atoms. The predicted molar refractivity (Wildman–Crippen MR) is 70.0 cm³/mol. The smallest absolute Gasteiger partial charge is 0.434 e. The summed E-state index contributed by atoms with van der Waals surface area (Å²) in [5, 5.41) is 4.83. The molecule has 2 aromatic heterocycles. The van der Waals surface area contributed by atoms with Crippen molar-refractivity contribution in [2.45, 2.75) is 27.3 Å². The monoisotopic (exact) mass is 264 g/mol. The molecule has 7 heteroatoms. The van der Waals surface area contributed by atoms with Gasteiger partial charge in [0.2, 0.25) is 0 Å². The molecule has 0 aromatic carbocycles. The number of hydrogen-bond acceptors (Lipinski definition) is 6. The van der Waals surface area contributed by atoms with Gasteiger partial charge in [0.25, 0.3) is 0 Å². The van der Waals surface area contributed by atoms with Gasteiger partial charge in [-0.15, -0.1) is 0 Å². The summed E-state index contributed by atoms with van der Waals surface area (Å²) in [6, 6.07) is 0. The first-order valence-corrected chi connectivity index (χ1v) is 6.04. The quantitative estimate of drug-likeness (QED) is 0.851. The number of hydrogen-bond donors (Lipinski definition) is 1. The maximum atomic E-state index is 11.4.